The van der Waals surface area contributed by atoms with Crippen molar-refractivity contribution in [1.82, 2.24) is 25.0 Å². The number of hydrogen-bond donors (Lipinski definition) is 4. The molecular weight excluding hydrogens is 439 g/mol. The first kappa shape index (κ1) is 21.9. The van der Waals surface area contributed by atoms with Crippen molar-refractivity contribution in [3.05, 3.63) is 18.5 Å². The van der Waals surface area contributed by atoms with Crippen LogP contribution in [-0.4, -0.2) is 91.6 Å². The summed E-state index contributed by atoms with van der Waals surface area (Å²) >= 11 is 0. The molecule has 1 aliphatic carbocycles. The SMILES string of the molecule is NC1NN2CC(F)CNC2C1C(=O)Nc1cnccc1N1CCN(S(=O)(=O)C2CC2)CC1. The van der Waals surface area contributed by atoms with Crippen LogP contribution in [0.25, 0.3) is 0 Å². The van der Waals surface area contributed by atoms with E-state index in [9.17, 15) is 17.6 Å². The number of carbonyl (C=O) groups is 1. The Kier molecular flexibility index (Phi) is 5.80. The van der Waals surface area contributed by atoms with Gasteiger partial charge in [-0.05, 0) is 18.9 Å². The molecule has 4 fully saturated rings. The zero-order chi connectivity index (χ0) is 22.5. The van der Waals surface area contributed by atoms with Gasteiger partial charge in [-0.3, -0.25) is 15.1 Å². The van der Waals surface area contributed by atoms with E-state index < -0.39 is 34.4 Å². The number of fused-ring (bicyclic) bond motifs is 1. The topological polar surface area (TPSA) is 136 Å². The highest BCUT2D eigenvalue weighted by Crippen LogP contribution is 2.33. The Balaban J connectivity index is 1.27. The highest BCUT2D eigenvalue weighted by atomic mass is 32.2. The van der Waals surface area contributed by atoms with Gasteiger partial charge in [-0.2, -0.15) is 4.31 Å². The average Bonchev–Trinajstić information content (AvgIpc) is 3.58. The second kappa shape index (κ2) is 8.47. The lowest BCUT2D eigenvalue weighted by Gasteiger charge is -2.36. The van der Waals surface area contributed by atoms with Gasteiger partial charge in [0, 0.05) is 45.5 Å². The number of aromatic nitrogens is 1. The van der Waals surface area contributed by atoms with Gasteiger partial charge in [0.1, 0.15) is 6.17 Å². The zero-order valence-electron chi connectivity index (χ0n) is 17.7. The number of halogens is 1. The summed E-state index contributed by atoms with van der Waals surface area (Å²) in [5.41, 5.74) is 10.4. The Morgan fingerprint density at radius 1 is 1.25 bits per heavy atom. The molecule has 4 aliphatic rings. The van der Waals surface area contributed by atoms with Crippen molar-refractivity contribution >= 4 is 27.3 Å². The largest absolute Gasteiger partial charge is 0.367 e. The van der Waals surface area contributed by atoms with E-state index in [1.54, 1.807) is 21.7 Å². The van der Waals surface area contributed by atoms with E-state index in [4.69, 9.17) is 5.73 Å². The second-order valence-corrected chi connectivity index (χ2v) is 11.0. The van der Waals surface area contributed by atoms with Crippen LogP contribution in [0.15, 0.2) is 18.5 Å². The lowest BCUT2D eigenvalue weighted by Crippen LogP contribution is -2.58. The van der Waals surface area contributed by atoms with Crippen LogP contribution in [0.3, 0.4) is 0 Å². The molecule has 1 amide bonds. The first-order valence-corrected chi connectivity index (χ1v) is 12.5. The lowest BCUT2D eigenvalue weighted by molar-refractivity contribution is -0.121. The number of alkyl halides is 1. The summed E-state index contributed by atoms with van der Waals surface area (Å²) in [4.78, 5) is 19.3. The van der Waals surface area contributed by atoms with E-state index in [2.05, 4.69) is 25.9 Å². The van der Waals surface area contributed by atoms with Gasteiger partial charge in [0.15, 0.2) is 0 Å². The summed E-state index contributed by atoms with van der Waals surface area (Å²) in [6.45, 7) is 2.22. The van der Waals surface area contributed by atoms with Crippen LogP contribution in [-0.2, 0) is 14.8 Å². The number of rotatable bonds is 5. The Bertz CT molecular complexity index is 969. The lowest BCUT2D eigenvalue weighted by atomic mass is 10.0. The van der Waals surface area contributed by atoms with Crippen LogP contribution < -0.4 is 26.7 Å². The number of nitrogens with two attached hydrogens (primary N) is 1. The zero-order valence-corrected chi connectivity index (χ0v) is 18.5. The number of hydrogen-bond acceptors (Lipinski definition) is 9. The fourth-order valence-electron chi connectivity index (χ4n) is 4.71. The van der Waals surface area contributed by atoms with Crippen molar-refractivity contribution in [2.75, 3.05) is 49.5 Å². The van der Waals surface area contributed by atoms with Gasteiger partial charge in [-0.1, -0.05) is 0 Å². The van der Waals surface area contributed by atoms with Crippen molar-refractivity contribution in [2.45, 2.75) is 36.6 Å². The molecule has 1 saturated carbocycles. The fraction of sp³-hybridized carbons (Fsp3) is 0.684. The molecule has 1 aromatic rings. The van der Waals surface area contributed by atoms with E-state index in [0.29, 0.717) is 31.9 Å². The Labute approximate surface area is 186 Å². The van der Waals surface area contributed by atoms with Crippen LogP contribution in [0.4, 0.5) is 15.8 Å². The first-order valence-electron chi connectivity index (χ1n) is 11.0. The third-order valence-electron chi connectivity index (χ3n) is 6.56. The minimum atomic E-state index is -3.19. The van der Waals surface area contributed by atoms with Gasteiger partial charge < -0.3 is 16.0 Å². The maximum Gasteiger partial charge on any atom is 0.233 e. The summed E-state index contributed by atoms with van der Waals surface area (Å²) in [6, 6.07) is 1.81. The molecule has 0 bridgehead atoms. The smallest absolute Gasteiger partial charge is 0.233 e. The summed E-state index contributed by atoms with van der Waals surface area (Å²) in [7, 11) is -3.19. The molecule has 3 saturated heterocycles. The highest BCUT2D eigenvalue weighted by molar-refractivity contribution is 7.90. The molecule has 3 aliphatic heterocycles. The molecule has 0 aromatic carbocycles. The Morgan fingerprint density at radius 2 is 2.00 bits per heavy atom. The molecule has 0 radical (unpaired) electrons. The molecule has 5 rings (SSSR count). The summed E-state index contributed by atoms with van der Waals surface area (Å²) < 4.78 is 40.3. The number of sulfonamides is 1. The molecule has 1 aromatic heterocycles. The first-order chi connectivity index (χ1) is 15.3. The van der Waals surface area contributed by atoms with Crippen LogP contribution in [0.2, 0.25) is 0 Å². The van der Waals surface area contributed by atoms with Gasteiger partial charge >= 0.3 is 0 Å². The maximum atomic E-state index is 13.7. The standard InChI is InChI=1S/C19H29FN8O3S/c20-12-9-23-18-16(17(21)25-28(18)11-12)19(29)24-14-10-22-4-3-15(14)26-5-7-27(8-6-26)32(30,31)13-1-2-13/h3-4,10,12-13,16-18,23,25H,1-2,5-9,11,21H2,(H,24,29). The third-order valence-corrected chi connectivity index (χ3v) is 8.96. The predicted octanol–water partition coefficient (Wildman–Crippen LogP) is -1.38. The number of hydrazine groups is 1. The molecule has 32 heavy (non-hydrogen) atoms. The van der Waals surface area contributed by atoms with Gasteiger partial charge in [0.05, 0.1) is 41.1 Å². The number of amides is 1. The van der Waals surface area contributed by atoms with Crippen LogP contribution in [0.1, 0.15) is 12.8 Å². The molecule has 11 nitrogen and oxygen atoms in total. The maximum absolute atomic E-state index is 13.7. The fourth-order valence-corrected chi connectivity index (χ4v) is 6.54. The molecule has 4 heterocycles. The van der Waals surface area contributed by atoms with Gasteiger partial charge in [-0.15, -0.1) is 0 Å². The third kappa shape index (κ3) is 4.08. The minimum absolute atomic E-state index is 0.168. The predicted molar refractivity (Wildman–Crippen MR) is 117 cm³/mol. The van der Waals surface area contributed by atoms with Crippen LogP contribution in [0.5, 0.6) is 0 Å². The normalized spacial score (nSPS) is 32.0. The van der Waals surface area contributed by atoms with E-state index in [1.807, 2.05) is 6.07 Å². The van der Waals surface area contributed by atoms with E-state index in [1.165, 1.54) is 0 Å². The second-order valence-electron chi connectivity index (χ2n) is 8.80. The monoisotopic (exact) mass is 468 g/mol. The van der Waals surface area contributed by atoms with E-state index in [0.717, 1.165) is 18.5 Å². The number of carbonyl (C=O) groups excluding carboxylic acids is 1. The van der Waals surface area contributed by atoms with Crippen molar-refractivity contribution in [3.63, 3.8) is 0 Å². The molecule has 4 unspecified atom stereocenters. The summed E-state index contributed by atoms with van der Waals surface area (Å²) in [6.07, 6.45) is 2.66. The number of nitrogens with one attached hydrogen (secondary N) is 3. The number of pyridine rings is 1. The van der Waals surface area contributed by atoms with E-state index in [-0.39, 0.29) is 24.2 Å². The number of nitrogens with zero attached hydrogens (tertiary/aromatic N) is 4. The van der Waals surface area contributed by atoms with Crippen LogP contribution >= 0.6 is 0 Å². The molecule has 5 N–H and O–H groups in total. The average molecular weight is 469 g/mol. The van der Waals surface area contributed by atoms with Crippen molar-refractivity contribution < 1.29 is 17.6 Å². The number of anilines is 2. The van der Waals surface area contributed by atoms with Crippen molar-refractivity contribution in [3.8, 4) is 0 Å². The van der Waals surface area contributed by atoms with Crippen molar-refractivity contribution in [1.29, 1.82) is 0 Å². The van der Waals surface area contributed by atoms with Crippen LogP contribution in [0, 0.1) is 5.92 Å². The minimum Gasteiger partial charge on any atom is -0.367 e. The van der Waals surface area contributed by atoms with E-state index >= 15 is 0 Å². The molecule has 4 atom stereocenters. The summed E-state index contributed by atoms with van der Waals surface area (Å²) in [5.74, 6) is -0.900. The number of piperazine rings is 1. The van der Waals surface area contributed by atoms with Gasteiger partial charge in [0.2, 0.25) is 15.9 Å². The molecule has 13 heteroatoms. The van der Waals surface area contributed by atoms with Crippen molar-refractivity contribution in [2.24, 2.45) is 11.7 Å². The Morgan fingerprint density at radius 3 is 2.72 bits per heavy atom. The van der Waals surface area contributed by atoms with Gasteiger partial charge in [0.25, 0.3) is 0 Å². The Hall–Kier alpha value is -1.90. The highest BCUT2D eigenvalue weighted by Gasteiger charge is 2.47. The molecular formula is C19H29FN8O3S. The van der Waals surface area contributed by atoms with Gasteiger partial charge in [-0.25, -0.2) is 23.2 Å². The summed E-state index contributed by atoms with van der Waals surface area (Å²) in [5, 5.41) is 7.42. The quantitative estimate of drug-likeness (QED) is 0.412. The molecule has 0 spiro atoms. The molecule has 176 valence electrons.